The number of furan rings is 4. The van der Waals surface area contributed by atoms with Gasteiger partial charge in [0.15, 0.2) is 0 Å². The Morgan fingerprint density at radius 2 is 0.447 bits per heavy atom. The largest absolute Gasteiger partial charge is 0.456 e. The Balaban J connectivity index is 0.0000000945. The zero-order chi connectivity index (χ0) is 87.8. The zero-order valence-electron chi connectivity index (χ0n) is 73.0. The van der Waals surface area contributed by atoms with Crippen molar-refractivity contribution in [2.75, 3.05) is 0 Å². The first-order valence-electron chi connectivity index (χ1n) is 45.1. The van der Waals surface area contributed by atoms with Gasteiger partial charge < -0.3 is 35.9 Å². The third-order valence-corrected chi connectivity index (χ3v) is 26.7. The van der Waals surface area contributed by atoms with E-state index in [1.165, 1.54) is 171 Å². The molecule has 20 aromatic carbocycles. The second kappa shape index (κ2) is 31.4. The molecule has 0 aliphatic carbocycles. The Kier molecular flexibility index (Phi) is 18.3. The van der Waals surface area contributed by atoms with E-state index in [2.05, 4.69) is 434 Å². The van der Waals surface area contributed by atoms with Crippen LogP contribution < -0.4 is 0 Å². The summed E-state index contributed by atoms with van der Waals surface area (Å²) < 4.78 is 33.9. The van der Waals surface area contributed by atoms with Crippen LogP contribution in [0.5, 0.6) is 0 Å². The Morgan fingerprint density at radius 3 is 0.886 bits per heavy atom. The third-order valence-electron chi connectivity index (χ3n) is 26.7. The van der Waals surface area contributed by atoms with Crippen LogP contribution in [0.3, 0.4) is 0 Å². The predicted octanol–water partition coefficient (Wildman–Crippen LogP) is 34.6. The predicted molar refractivity (Wildman–Crippen MR) is 553 cm³/mol. The molecular weight excluding hydrogens is 1610 g/mol. The number of rotatable bonds is 8. The molecule has 0 aliphatic heterocycles. The molecule has 0 radical (unpaired) electrons. The monoisotopic (exact) mass is 1690 g/mol. The first kappa shape index (κ1) is 77.2. The van der Waals surface area contributed by atoms with Gasteiger partial charge >= 0.3 is 0 Å². The summed E-state index contributed by atoms with van der Waals surface area (Å²) in [4.78, 5) is 0. The molecule has 8 heteroatoms. The fraction of sp³-hybridized carbons (Fsp3) is 0.0323. The number of aryl methyl sites for hydroxylation is 4. The molecule has 624 valence electrons. The van der Waals surface area contributed by atoms with Gasteiger partial charge in [0, 0.05) is 114 Å². The van der Waals surface area contributed by atoms with Gasteiger partial charge in [-0.2, -0.15) is 0 Å². The van der Waals surface area contributed by atoms with Crippen LogP contribution in [0.1, 0.15) is 22.3 Å². The van der Waals surface area contributed by atoms with E-state index in [0.29, 0.717) is 0 Å². The van der Waals surface area contributed by atoms with Crippen molar-refractivity contribution in [3.63, 3.8) is 0 Å². The van der Waals surface area contributed by atoms with Crippen molar-refractivity contribution in [1.29, 1.82) is 0 Å². The van der Waals surface area contributed by atoms with Crippen molar-refractivity contribution < 1.29 is 17.7 Å². The molecule has 0 saturated heterocycles. The fourth-order valence-electron chi connectivity index (χ4n) is 20.5. The van der Waals surface area contributed by atoms with Gasteiger partial charge in [-0.25, -0.2) is 0 Å². The number of nitrogens with zero attached hydrogens (tertiary/aromatic N) is 4. The van der Waals surface area contributed by atoms with Crippen LogP contribution in [-0.4, -0.2) is 18.3 Å². The van der Waals surface area contributed by atoms with Crippen LogP contribution in [-0.2, 0) is 0 Å². The number of hydrogen-bond acceptors (Lipinski definition) is 4. The molecule has 28 rings (SSSR count). The summed E-state index contributed by atoms with van der Waals surface area (Å²) in [6.45, 7) is 8.67. The Morgan fingerprint density at radius 1 is 0.159 bits per heavy atom. The Bertz CT molecular complexity index is 9400. The lowest BCUT2D eigenvalue weighted by Crippen LogP contribution is -1.93. The molecular formula is C124H84N4O4. The molecule has 8 nitrogen and oxygen atoms in total. The van der Waals surface area contributed by atoms with Crippen LogP contribution in [0.2, 0.25) is 0 Å². The van der Waals surface area contributed by atoms with E-state index in [-0.39, 0.29) is 0 Å². The van der Waals surface area contributed by atoms with Crippen molar-refractivity contribution in [2.45, 2.75) is 27.7 Å². The van der Waals surface area contributed by atoms with Gasteiger partial charge in [-0.1, -0.05) is 254 Å². The molecule has 8 aromatic heterocycles. The molecule has 0 saturated carbocycles. The van der Waals surface area contributed by atoms with Gasteiger partial charge in [0.2, 0.25) is 0 Å². The molecule has 0 atom stereocenters. The summed E-state index contributed by atoms with van der Waals surface area (Å²) in [5, 5.41) is 19.5. The molecule has 28 aromatic rings. The van der Waals surface area contributed by atoms with E-state index in [0.717, 1.165) is 93.3 Å². The SMILES string of the molecule is Cc1ccc2c(c1)c1cc(-c3ccc4oc5ccccc5c4c3)ccc1n2-c1ccccc1.Cc1ccc2c(c1)c1cc(-c3cccc4c3oc3ccccc34)ccc1n2-c1ccccc1.Cc1ccc2c3cc(-c4ccc5oc6ccccc6c5c4)ccc3n(-c3ccccc3)c2c1.Cc1cccc2c1c1cc(-c3ccc4oc5ccccc5c4c3)ccc1n2-c1ccccc1. The molecule has 0 aliphatic rings. The highest BCUT2D eigenvalue weighted by Gasteiger charge is 2.23. The van der Waals surface area contributed by atoms with Crippen LogP contribution in [0.4, 0.5) is 0 Å². The number of aromatic nitrogens is 4. The lowest BCUT2D eigenvalue weighted by Gasteiger charge is -2.08. The molecule has 0 amide bonds. The van der Waals surface area contributed by atoms with Crippen LogP contribution >= 0.6 is 0 Å². The van der Waals surface area contributed by atoms with E-state index in [1.807, 2.05) is 48.5 Å². The lowest BCUT2D eigenvalue weighted by molar-refractivity contribution is 0.668. The van der Waals surface area contributed by atoms with E-state index in [1.54, 1.807) is 0 Å². The summed E-state index contributed by atoms with van der Waals surface area (Å²) in [6, 6.07) is 155. The van der Waals surface area contributed by atoms with E-state index in [9.17, 15) is 0 Å². The normalized spacial score (nSPS) is 11.8. The van der Waals surface area contributed by atoms with Crippen LogP contribution in [0.15, 0.2) is 454 Å². The van der Waals surface area contributed by atoms with Crippen LogP contribution in [0.25, 0.3) is 242 Å². The van der Waals surface area contributed by atoms with Crippen molar-refractivity contribution in [3.05, 3.63) is 459 Å². The summed E-state index contributed by atoms with van der Waals surface area (Å²) >= 11 is 0. The highest BCUT2D eigenvalue weighted by atomic mass is 16.3. The second-order valence-electron chi connectivity index (χ2n) is 34.9. The maximum absolute atomic E-state index is 6.33. The summed E-state index contributed by atoms with van der Waals surface area (Å²) in [5.41, 5.74) is 36.6. The number of para-hydroxylation sites is 9. The summed E-state index contributed by atoms with van der Waals surface area (Å²) in [6.07, 6.45) is 0. The smallest absolute Gasteiger partial charge is 0.143 e. The minimum atomic E-state index is 0.928. The lowest BCUT2D eigenvalue weighted by atomic mass is 10.00. The van der Waals surface area contributed by atoms with Gasteiger partial charge in [-0.15, -0.1) is 0 Å². The van der Waals surface area contributed by atoms with Gasteiger partial charge in [-0.3, -0.25) is 0 Å². The van der Waals surface area contributed by atoms with Crippen molar-refractivity contribution in [2.24, 2.45) is 0 Å². The first-order chi connectivity index (χ1) is 65.1. The highest BCUT2D eigenvalue weighted by molar-refractivity contribution is 6.18. The summed E-state index contributed by atoms with van der Waals surface area (Å²) in [5.74, 6) is 0. The average Bonchev–Trinajstić information content (AvgIpc) is 1.59. The minimum absolute atomic E-state index is 0.928. The van der Waals surface area contributed by atoms with Crippen molar-refractivity contribution in [3.8, 4) is 67.3 Å². The molecule has 0 unspecified atom stereocenters. The molecule has 0 spiro atoms. The number of hydrogen-bond donors (Lipinski definition) is 0. The quantitative estimate of drug-likeness (QED) is 0.152. The van der Waals surface area contributed by atoms with Crippen molar-refractivity contribution in [1.82, 2.24) is 18.3 Å². The second-order valence-corrected chi connectivity index (χ2v) is 34.9. The average molecular weight is 1690 g/mol. The molecule has 0 bridgehead atoms. The minimum Gasteiger partial charge on any atom is -0.456 e. The first-order valence-corrected chi connectivity index (χ1v) is 45.1. The van der Waals surface area contributed by atoms with E-state index >= 15 is 0 Å². The zero-order valence-corrected chi connectivity index (χ0v) is 73.0. The fourth-order valence-corrected chi connectivity index (χ4v) is 20.5. The highest BCUT2D eigenvalue weighted by Crippen LogP contribution is 2.46. The van der Waals surface area contributed by atoms with E-state index in [4.69, 9.17) is 17.7 Å². The molecule has 8 heterocycles. The Labute approximate surface area is 759 Å². The topological polar surface area (TPSA) is 72.3 Å². The van der Waals surface area contributed by atoms with Gasteiger partial charge in [0.1, 0.15) is 44.7 Å². The molecule has 132 heavy (non-hydrogen) atoms. The maximum Gasteiger partial charge on any atom is 0.143 e. The standard InChI is InChI=1S/4C31H21NO/c1-20-8-7-12-28-31(20)26-19-21(14-16-27(26)32(28)23-9-3-2-4-10-23)22-15-17-30-25(18-22)24-11-5-6-13-29(24)33-30;1-20-14-16-28-26(18-20)27-19-21(15-17-29(27)32(28)22-8-3-2-4-9-22)23-11-7-12-25-24-10-5-6-13-30(24)33-31(23)25;1-20-11-14-24-26-18-21(12-15-28(26)32(29(24)17-20)23-7-3-2-4-8-23)22-13-16-31-27(19-22)25-9-5-6-10-30(25)33-31;1-20-11-14-28-25(17-20)26-18-21(12-15-29(26)32(28)23-7-3-2-4-8-23)22-13-16-31-27(19-22)24-9-5-6-10-30(24)33-31/h4*2-19H,1H3. The van der Waals surface area contributed by atoms with Gasteiger partial charge in [0.05, 0.1) is 44.1 Å². The molecule has 0 fully saturated rings. The van der Waals surface area contributed by atoms with Crippen molar-refractivity contribution >= 4 is 175 Å². The number of benzene rings is 20. The van der Waals surface area contributed by atoms with Gasteiger partial charge in [-0.05, 0) is 272 Å². The third kappa shape index (κ3) is 13.0. The Hall–Kier alpha value is -17.2. The van der Waals surface area contributed by atoms with E-state index < -0.39 is 0 Å². The van der Waals surface area contributed by atoms with Gasteiger partial charge in [0.25, 0.3) is 0 Å². The molecule has 0 N–H and O–H groups in total. The van der Waals surface area contributed by atoms with Crippen LogP contribution in [0, 0.1) is 27.7 Å². The maximum atomic E-state index is 6.33. The number of fused-ring (bicyclic) bond motifs is 24. The summed E-state index contributed by atoms with van der Waals surface area (Å²) in [7, 11) is 0.